The minimum absolute atomic E-state index is 0.0922. The van der Waals surface area contributed by atoms with Gasteiger partial charge in [-0.1, -0.05) is 24.5 Å². The Balaban J connectivity index is 2.03. The Morgan fingerprint density at radius 1 is 1.25 bits per heavy atom. The SMILES string of the molecule is CC1(C(N)C2=CCCCCCC2)CCCO1. The fourth-order valence-electron chi connectivity index (χ4n) is 2.94. The highest BCUT2D eigenvalue weighted by Gasteiger charge is 2.37. The Morgan fingerprint density at radius 3 is 2.81 bits per heavy atom. The average molecular weight is 223 g/mol. The third-order valence-corrected chi connectivity index (χ3v) is 4.13. The van der Waals surface area contributed by atoms with Gasteiger partial charge in [-0.15, -0.1) is 0 Å². The Morgan fingerprint density at radius 2 is 2.06 bits per heavy atom. The van der Waals surface area contributed by atoms with E-state index in [-0.39, 0.29) is 11.6 Å². The van der Waals surface area contributed by atoms with Crippen LogP contribution in [0.1, 0.15) is 58.3 Å². The Bertz CT molecular complexity index is 253. The summed E-state index contributed by atoms with van der Waals surface area (Å²) in [4.78, 5) is 0. The first-order valence-electron chi connectivity index (χ1n) is 6.81. The normalized spacial score (nSPS) is 34.0. The van der Waals surface area contributed by atoms with Crippen molar-refractivity contribution in [1.82, 2.24) is 0 Å². The van der Waals surface area contributed by atoms with Crippen LogP contribution in [-0.2, 0) is 4.74 Å². The van der Waals surface area contributed by atoms with Gasteiger partial charge in [-0.2, -0.15) is 0 Å². The first kappa shape index (κ1) is 12.1. The van der Waals surface area contributed by atoms with Crippen LogP contribution in [-0.4, -0.2) is 18.2 Å². The molecule has 2 rings (SSSR count). The molecule has 0 aromatic rings. The zero-order valence-electron chi connectivity index (χ0n) is 10.5. The fraction of sp³-hybridized carbons (Fsp3) is 0.857. The van der Waals surface area contributed by atoms with Gasteiger partial charge in [0, 0.05) is 6.61 Å². The zero-order valence-corrected chi connectivity index (χ0v) is 10.5. The van der Waals surface area contributed by atoms with Crippen LogP contribution in [0.3, 0.4) is 0 Å². The summed E-state index contributed by atoms with van der Waals surface area (Å²) in [5.41, 5.74) is 7.77. The topological polar surface area (TPSA) is 35.2 Å². The fourth-order valence-corrected chi connectivity index (χ4v) is 2.94. The molecule has 0 saturated carbocycles. The molecule has 1 aliphatic heterocycles. The molecule has 0 amide bonds. The second-order valence-corrected chi connectivity index (χ2v) is 5.47. The van der Waals surface area contributed by atoms with E-state index >= 15 is 0 Å². The predicted molar refractivity (Wildman–Crippen MR) is 67.4 cm³/mol. The van der Waals surface area contributed by atoms with Crippen LogP contribution < -0.4 is 5.73 Å². The van der Waals surface area contributed by atoms with Gasteiger partial charge >= 0.3 is 0 Å². The molecule has 0 bridgehead atoms. The molecule has 92 valence electrons. The van der Waals surface area contributed by atoms with Crippen LogP contribution in [0.25, 0.3) is 0 Å². The van der Waals surface area contributed by atoms with Gasteiger partial charge in [0.05, 0.1) is 11.6 Å². The van der Waals surface area contributed by atoms with E-state index in [9.17, 15) is 0 Å². The molecule has 1 fully saturated rings. The molecule has 0 radical (unpaired) electrons. The molecular weight excluding hydrogens is 198 g/mol. The lowest BCUT2D eigenvalue weighted by Crippen LogP contribution is -2.46. The van der Waals surface area contributed by atoms with Crippen molar-refractivity contribution in [2.24, 2.45) is 5.73 Å². The maximum Gasteiger partial charge on any atom is 0.0843 e. The molecular formula is C14H25NO. The summed E-state index contributed by atoms with van der Waals surface area (Å²) in [5.74, 6) is 0. The van der Waals surface area contributed by atoms with E-state index in [0.29, 0.717) is 0 Å². The van der Waals surface area contributed by atoms with Crippen molar-refractivity contribution in [2.45, 2.75) is 69.9 Å². The van der Waals surface area contributed by atoms with E-state index in [1.807, 2.05) is 0 Å². The molecule has 0 aromatic heterocycles. The van der Waals surface area contributed by atoms with Crippen LogP contribution in [0.15, 0.2) is 11.6 Å². The minimum atomic E-state index is -0.0922. The maximum absolute atomic E-state index is 6.42. The highest BCUT2D eigenvalue weighted by Crippen LogP contribution is 2.33. The molecule has 1 heterocycles. The summed E-state index contributed by atoms with van der Waals surface area (Å²) in [6.45, 7) is 3.07. The van der Waals surface area contributed by atoms with E-state index in [0.717, 1.165) is 19.4 Å². The van der Waals surface area contributed by atoms with Gasteiger partial charge < -0.3 is 10.5 Å². The summed E-state index contributed by atoms with van der Waals surface area (Å²) >= 11 is 0. The van der Waals surface area contributed by atoms with Crippen LogP contribution in [0.5, 0.6) is 0 Å². The second-order valence-electron chi connectivity index (χ2n) is 5.47. The number of hydrogen-bond acceptors (Lipinski definition) is 2. The number of allylic oxidation sites excluding steroid dienone is 1. The summed E-state index contributed by atoms with van der Waals surface area (Å²) in [5, 5.41) is 0. The first-order chi connectivity index (χ1) is 7.72. The van der Waals surface area contributed by atoms with E-state index < -0.39 is 0 Å². The molecule has 1 saturated heterocycles. The molecule has 1 aliphatic carbocycles. The van der Waals surface area contributed by atoms with Crippen molar-refractivity contribution < 1.29 is 4.74 Å². The maximum atomic E-state index is 6.42. The van der Waals surface area contributed by atoms with E-state index in [2.05, 4.69) is 13.0 Å². The van der Waals surface area contributed by atoms with Gasteiger partial charge in [0.1, 0.15) is 0 Å². The van der Waals surface area contributed by atoms with Gasteiger partial charge in [-0.3, -0.25) is 0 Å². The molecule has 16 heavy (non-hydrogen) atoms. The molecule has 2 N–H and O–H groups in total. The van der Waals surface area contributed by atoms with E-state index in [1.54, 1.807) is 0 Å². The number of nitrogens with two attached hydrogens (primary N) is 1. The molecule has 0 aromatic carbocycles. The average Bonchev–Trinajstić information content (AvgIpc) is 2.65. The van der Waals surface area contributed by atoms with Crippen molar-refractivity contribution in [1.29, 1.82) is 0 Å². The lowest BCUT2D eigenvalue weighted by Gasteiger charge is -2.33. The number of ether oxygens (including phenoxy) is 1. The van der Waals surface area contributed by atoms with Crippen molar-refractivity contribution in [3.8, 4) is 0 Å². The third-order valence-electron chi connectivity index (χ3n) is 4.13. The van der Waals surface area contributed by atoms with Crippen molar-refractivity contribution in [3.63, 3.8) is 0 Å². The Hall–Kier alpha value is -0.340. The van der Waals surface area contributed by atoms with Crippen LogP contribution >= 0.6 is 0 Å². The highest BCUT2D eigenvalue weighted by atomic mass is 16.5. The Kier molecular flexibility index (Phi) is 4.04. The van der Waals surface area contributed by atoms with E-state index in [4.69, 9.17) is 10.5 Å². The molecule has 0 spiro atoms. The van der Waals surface area contributed by atoms with Crippen LogP contribution in [0.4, 0.5) is 0 Å². The molecule has 2 unspecified atom stereocenters. The quantitative estimate of drug-likeness (QED) is 0.730. The van der Waals surface area contributed by atoms with Gasteiger partial charge in [-0.25, -0.2) is 0 Å². The molecule has 2 nitrogen and oxygen atoms in total. The highest BCUT2D eigenvalue weighted by molar-refractivity contribution is 5.17. The first-order valence-corrected chi connectivity index (χ1v) is 6.81. The van der Waals surface area contributed by atoms with Crippen LogP contribution in [0, 0.1) is 0 Å². The van der Waals surface area contributed by atoms with Crippen molar-refractivity contribution in [2.75, 3.05) is 6.61 Å². The van der Waals surface area contributed by atoms with Gasteiger partial charge in [0.15, 0.2) is 0 Å². The summed E-state index contributed by atoms with van der Waals surface area (Å²) in [6, 6.07) is 0.119. The minimum Gasteiger partial charge on any atom is -0.373 e. The van der Waals surface area contributed by atoms with Gasteiger partial charge in [0.2, 0.25) is 0 Å². The molecule has 2 heteroatoms. The molecule has 2 aliphatic rings. The number of hydrogen-bond donors (Lipinski definition) is 1. The summed E-state index contributed by atoms with van der Waals surface area (Å²) < 4.78 is 5.86. The monoisotopic (exact) mass is 223 g/mol. The lowest BCUT2D eigenvalue weighted by atomic mass is 9.84. The predicted octanol–water partition coefficient (Wildman–Crippen LogP) is 3.16. The largest absolute Gasteiger partial charge is 0.373 e. The smallest absolute Gasteiger partial charge is 0.0843 e. The van der Waals surface area contributed by atoms with Gasteiger partial charge in [-0.05, 0) is 45.4 Å². The Labute approximate surface area is 99.2 Å². The summed E-state index contributed by atoms with van der Waals surface area (Å²) in [7, 11) is 0. The lowest BCUT2D eigenvalue weighted by molar-refractivity contribution is 0.00691. The third kappa shape index (κ3) is 2.67. The standard InChI is InChI=1S/C14H25NO/c1-14(10-7-11-16-14)13(15)12-8-5-3-2-4-6-9-12/h8,13H,2-7,9-11,15H2,1H3. The second kappa shape index (κ2) is 5.33. The van der Waals surface area contributed by atoms with Gasteiger partial charge in [0.25, 0.3) is 0 Å². The van der Waals surface area contributed by atoms with Crippen molar-refractivity contribution >= 4 is 0 Å². The van der Waals surface area contributed by atoms with Crippen molar-refractivity contribution in [3.05, 3.63) is 11.6 Å². The molecule has 2 atom stereocenters. The number of rotatable bonds is 2. The summed E-state index contributed by atoms with van der Waals surface area (Å²) in [6.07, 6.45) is 12.4. The van der Waals surface area contributed by atoms with Crippen LogP contribution in [0.2, 0.25) is 0 Å². The zero-order chi connectivity index (χ0) is 11.4. The van der Waals surface area contributed by atoms with E-state index in [1.165, 1.54) is 44.1 Å².